The van der Waals surface area contributed by atoms with Crippen LogP contribution in [0.1, 0.15) is 22.5 Å². The summed E-state index contributed by atoms with van der Waals surface area (Å²) in [6, 6.07) is 17.7. The molecule has 0 bridgehead atoms. The maximum absolute atomic E-state index is 12.9. The largest absolute Gasteiger partial charge is 0.495 e. The van der Waals surface area contributed by atoms with Crippen molar-refractivity contribution in [2.24, 2.45) is 0 Å². The van der Waals surface area contributed by atoms with Crippen molar-refractivity contribution in [2.45, 2.75) is 24.3 Å². The van der Waals surface area contributed by atoms with Crippen molar-refractivity contribution >= 4 is 27.0 Å². The second-order valence-electron chi connectivity index (χ2n) is 7.87. The van der Waals surface area contributed by atoms with E-state index in [-0.39, 0.29) is 28.7 Å². The fourth-order valence-corrected chi connectivity index (χ4v) is 4.93. The van der Waals surface area contributed by atoms with Crippen molar-refractivity contribution < 1.29 is 17.9 Å². The lowest BCUT2D eigenvalue weighted by atomic mass is 10.2. The van der Waals surface area contributed by atoms with Crippen LogP contribution in [-0.4, -0.2) is 49.1 Å². The zero-order chi connectivity index (χ0) is 24.7. The molecule has 4 aromatic rings. The third-order valence-electron chi connectivity index (χ3n) is 5.50. The first-order valence-electron chi connectivity index (χ1n) is 11.2. The van der Waals surface area contributed by atoms with Crippen molar-refractivity contribution in [1.29, 1.82) is 0 Å². The fraction of sp³-hybridized carbons (Fsp3) is 0.240. The van der Waals surface area contributed by atoms with Crippen LogP contribution in [0.4, 0.5) is 0 Å². The number of ether oxygens (including phenoxy) is 1. The molecule has 0 aliphatic carbocycles. The highest BCUT2D eigenvalue weighted by Crippen LogP contribution is 2.25. The van der Waals surface area contributed by atoms with Crippen molar-refractivity contribution in [3.63, 3.8) is 0 Å². The van der Waals surface area contributed by atoms with Crippen LogP contribution >= 0.6 is 0 Å². The molecule has 4 rings (SSSR count). The number of amides is 1. The summed E-state index contributed by atoms with van der Waals surface area (Å²) in [7, 11) is -2.51. The summed E-state index contributed by atoms with van der Waals surface area (Å²) in [6.07, 6.45) is 4.58. The summed E-state index contributed by atoms with van der Waals surface area (Å²) >= 11 is 0. The first kappa shape index (κ1) is 24.4. The van der Waals surface area contributed by atoms with Crippen LogP contribution in [0.15, 0.2) is 78.1 Å². The molecule has 0 saturated heterocycles. The number of aromatic nitrogens is 3. The quantitative estimate of drug-likeness (QED) is 0.311. The fourth-order valence-electron chi connectivity index (χ4n) is 3.71. The number of nitrogens with zero attached hydrogens (tertiary/aromatic N) is 3. The molecule has 10 heteroatoms. The highest BCUT2D eigenvalue weighted by Gasteiger charge is 2.21. The van der Waals surface area contributed by atoms with Crippen LogP contribution in [-0.2, 0) is 23.0 Å². The normalized spacial score (nSPS) is 11.5. The van der Waals surface area contributed by atoms with Crippen molar-refractivity contribution in [3.8, 4) is 5.75 Å². The highest BCUT2D eigenvalue weighted by atomic mass is 32.2. The summed E-state index contributed by atoms with van der Waals surface area (Å²) in [5.74, 6) is -0.188. The Bertz CT molecular complexity index is 1400. The Labute approximate surface area is 204 Å². The Morgan fingerprint density at radius 1 is 1.03 bits per heavy atom. The van der Waals surface area contributed by atoms with Gasteiger partial charge in [-0.15, -0.1) is 0 Å². The van der Waals surface area contributed by atoms with Crippen LogP contribution in [0.5, 0.6) is 5.75 Å². The molecule has 0 radical (unpaired) electrons. The van der Waals surface area contributed by atoms with Gasteiger partial charge < -0.3 is 14.6 Å². The van der Waals surface area contributed by atoms with E-state index >= 15 is 0 Å². The number of imidazole rings is 1. The summed E-state index contributed by atoms with van der Waals surface area (Å²) in [6.45, 7) is 1.30. The van der Waals surface area contributed by atoms with E-state index in [1.54, 1.807) is 24.7 Å². The van der Waals surface area contributed by atoms with Crippen molar-refractivity contribution in [2.75, 3.05) is 20.2 Å². The second kappa shape index (κ2) is 11.1. The van der Waals surface area contributed by atoms with Crippen LogP contribution in [0.25, 0.3) is 11.0 Å². The zero-order valence-electron chi connectivity index (χ0n) is 19.3. The summed E-state index contributed by atoms with van der Waals surface area (Å²) < 4.78 is 35.7. The standard InChI is InChI=1S/C25H27N5O4S/c1-34-23-11-10-19(17-24(23)35(32,33)29-15-12-20-7-4-5-13-26-20)25(31)27-14-6-16-30-18-28-21-8-2-3-9-22(21)30/h2-5,7-11,13,17-18,29H,6,12,14-16H2,1H3,(H,27,31). The Morgan fingerprint density at radius 3 is 2.66 bits per heavy atom. The molecule has 0 aliphatic heterocycles. The van der Waals surface area contributed by atoms with E-state index in [1.165, 1.54) is 19.2 Å². The van der Waals surface area contributed by atoms with Gasteiger partial charge in [0, 0.05) is 43.5 Å². The van der Waals surface area contributed by atoms with Gasteiger partial charge in [0.25, 0.3) is 5.91 Å². The minimum Gasteiger partial charge on any atom is -0.495 e. The van der Waals surface area contributed by atoms with Crippen LogP contribution < -0.4 is 14.8 Å². The Hall–Kier alpha value is -3.76. The highest BCUT2D eigenvalue weighted by molar-refractivity contribution is 7.89. The molecule has 9 nitrogen and oxygen atoms in total. The van der Waals surface area contributed by atoms with Crippen molar-refractivity contribution in [3.05, 3.63) is 84.4 Å². The van der Waals surface area contributed by atoms with Gasteiger partial charge >= 0.3 is 0 Å². The number of rotatable bonds is 11. The van der Waals surface area contributed by atoms with Crippen molar-refractivity contribution in [1.82, 2.24) is 24.6 Å². The number of carbonyl (C=O) groups is 1. The van der Waals surface area contributed by atoms with E-state index in [2.05, 4.69) is 20.0 Å². The molecule has 2 aromatic carbocycles. The molecule has 35 heavy (non-hydrogen) atoms. The number of fused-ring (bicyclic) bond motifs is 1. The number of aryl methyl sites for hydroxylation is 1. The third-order valence-corrected chi connectivity index (χ3v) is 6.99. The van der Waals surface area contributed by atoms with Gasteiger partial charge in [-0.1, -0.05) is 18.2 Å². The van der Waals surface area contributed by atoms with Gasteiger partial charge in [0.05, 0.1) is 24.5 Å². The molecule has 0 aliphatic rings. The minimum absolute atomic E-state index is 0.0847. The number of nitrogens with one attached hydrogen (secondary N) is 2. The number of carbonyl (C=O) groups excluding carboxylic acids is 1. The van der Waals surface area contributed by atoms with Gasteiger partial charge in [0.15, 0.2) is 0 Å². The molecule has 0 atom stereocenters. The molecule has 0 saturated carbocycles. The smallest absolute Gasteiger partial charge is 0.251 e. The molecule has 2 heterocycles. The van der Waals surface area contributed by atoms with Gasteiger partial charge in [0.2, 0.25) is 10.0 Å². The van der Waals surface area contributed by atoms with Crippen LogP contribution in [0.2, 0.25) is 0 Å². The third kappa shape index (κ3) is 6.03. The average Bonchev–Trinajstić information content (AvgIpc) is 3.29. The van der Waals surface area contributed by atoms with E-state index in [1.807, 2.05) is 41.0 Å². The number of pyridine rings is 1. The average molecular weight is 494 g/mol. The second-order valence-corrected chi connectivity index (χ2v) is 9.61. The Kier molecular flexibility index (Phi) is 7.74. The first-order valence-corrected chi connectivity index (χ1v) is 12.7. The van der Waals surface area contributed by atoms with Gasteiger partial charge in [-0.3, -0.25) is 9.78 Å². The molecule has 1 amide bonds. The van der Waals surface area contributed by atoms with E-state index < -0.39 is 10.0 Å². The molecular formula is C25H27N5O4S. The lowest BCUT2D eigenvalue weighted by Gasteiger charge is -2.13. The predicted octanol–water partition coefficient (Wildman–Crippen LogP) is 2.78. The maximum atomic E-state index is 12.9. The molecular weight excluding hydrogens is 466 g/mol. The lowest BCUT2D eigenvalue weighted by molar-refractivity contribution is 0.0952. The molecule has 0 spiro atoms. The number of hydrogen-bond acceptors (Lipinski definition) is 6. The van der Waals surface area contributed by atoms with Gasteiger partial charge in [-0.05, 0) is 48.9 Å². The number of para-hydroxylation sites is 2. The number of benzene rings is 2. The SMILES string of the molecule is COc1ccc(C(=O)NCCCn2cnc3ccccc32)cc1S(=O)(=O)NCCc1ccccn1. The van der Waals surface area contributed by atoms with E-state index in [0.29, 0.717) is 25.9 Å². The zero-order valence-corrected chi connectivity index (χ0v) is 20.2. The molecule has 0 fully saturated rings. The summed E-state index contributed by atoms with van der Waals surface area (Å²) in [5, 5.41) is 2.85. The minimum atomic E-state index is -3.90. The Balaban J connectivity index is 1.36. The Morgan fingerprint density at radius 2 is 1.86 bits per heavy atom. The maximum Gasteiger partial charge on any atom is 0.251 e. The molecule has 182 valence electrons. The van der Waals surface area contributed by atoms with Gasteiger partial charge in [0.1, 0.15) is 10.6 Å². The summed E-state index contributed by atoms with van der Waals surface area (Å²) in [5.41, 5.74) is 2.99. The van der Waals surface area contributed by atoms with E-state index in [9.17, 15) is 13.2 Å². The number of hydrogen-bond donors (Lipinski definition) is 2. The molecule has 2 N–H and O–H groups in total. The van der Waals surface area contributed by atoms with Crippen LogP contribution in [0, 0.1) is 0 Å². The van der Waals surface area contributed by atoms with Crippen LogP contribution in [0.3, 0.4) is 0 Å². The predicted molar refractivity (Wildman–Crippen MR) is 133 cm³/mol. The lowest BCUT2D eigenvalue weighted by Crippen LogP contribution is -2.28. The molecule has 0 unspecified atom stereocenters. The van der Waals surface area contributed by atoms with E-state index in [0.717, 1.165) is 16.7 Å². The van der Waals surface area contributed by atoms with Gasteiger partial charge in [-0.25, -0.2) is 18.1 Å². The number of sulfonamides is 1. The topological polar surface area (TPSA) is 115 Å². The monoisotopic (exact) mass is 493 g/mol. The summed E-state index contributed by atoms with van der Waals surface area (Å²) in [4.78, 5) is 21.2. The molecule has 2 aromatic heterocycles. The first-order chi connectivity index (χ1) is 17.0. The van der Waals surface area contributed by atoms with Gasteiger partial charge in [-0.2, -0.15) is 0 Å². The van der Waals surface area contributed by atoms with E-state index in [4.69, 9.17) is 4.74 Å². The number of methoxy groups -OCH3 is 1.